The van der Waals surface area contributed by atoms with E-state index in [1.807, 2.05) is 30.3 Å². The Morgan fingerprint density at radius 2 is 1.70 bits per heavy atom. The minimum absolute atomic E-state index is 0.121. The molecule has 0 unspecified atom stereocenters. The smallest absolute Gasteiger partial charge is 0.338 e. The van der Waals surface area contributed by atoms with Gasteiger partial charge >= 0.3 is 17.9 Å². The monoisotopic (exact) mass is 367 g/mol. The molecule has 0 spiro atoms. The predicted octanol–water partition coefficient (Wildman–Crippen LogP) is 2.75. The largest absolute Gasteiger partial charge is 0.466 e. The normalized spacial score (nSPS) is 11.4. The van der Waals surface area contributed by atoms with Crippen LogP contribution in [0.1, 0.15) is 10.4 Å². The zero-order chi connectivity index (χ0) is 19.4. The molecule has 0 aliphatic heterocycles. The molecule has 1 aromatic heterocycles. The van der Waals surface area contributed by atoms with Crippen LogP contribution in [-0.2, 0) is 23.8 Å². The summed E-state index contributed by atoms with van der Waals surface area (Å²) >= 11 is 0. The van der Waals surface area contributed by atoms with Crippen molar-refractivity contribution < 1.29 is 28.6 Å². The average Bonchev–Trinajstić information content (AvgIpc) is 3.07. The summed E-state index contributed by atoms with van der Waals surface area (Å²) in [6, 6.07) is 13.0. The maximum Gasteiger partial charge on any atom is 0.338 e. The molecule has 0 aliphatic carbocycles. The Morgan fingerprint density at radius 3 is 2.44 bits per heavy atom. The highest BCUT2D eigenvalue weighted by Gasteiger charge is 2.17. The van der Waals surface area contributed by atoms with Crippen LogP contribution in [0.3, 0.4) is 0 Å². The van der Waals surface area contributed by atoms with Crippen LogP contribution in [0.2, 0.25) is 0 Å². The van der Waals surface area contributed by atoms with Crippen LogP contribution in [0.5, 0.6) is 0 Å². The molecule has 0 bridgehead atoms. The number of hydrogen-bond acceptors (Lipinski definition) is 6. The number of para-hydroxylation sites is 1. The number of benzene rings is 2. The molecule has 0 atom stereocenters. The first-order valence-electron chi connectivity index (χ1n) is 8.08. The van der Waals surface area contributed by atoms with Crippen molar-refractivity contribution in [2.24, 2.45) is 0 Å². The van der Waals surface area contributed by atoms with Crippen molar-refractivity contribution in [1.82, 2.24) is 4.98 Å². The van der Waals surface area contributed by atoms with E-state index in [1.165, 1.54) is 14.2 Å². The number of H-pyrrole nitrogens is 1. The van der Waals surface area contributed by atoms with Gasteiger partial charge < -0.3 is 19.2 Å². The van der Waals surface area contributed by atoms with Gasteiger partial charge in [-0.3, -0.25) is 0 Å². The van der Waals surface area contributed by atoms with E-state index >= 15 is 0 Å². The summed E-state index contributed by atoms with van der Waals surface area (Å²) in [5, 5.41) is 2.05. The van der Waals surface area contributed by atoms with Crippen LogP contribution in [-0.4, -0.2) is 43.7 Å². The van der Waals surface area contributed by atoms with Crippen molar-refractivity contribution >= 4 is 39.7 Å². The number of aromatic nitrogens is 1. The number of hydrogen-bond donors (Lipinski definition) is 1. The second-order valence-electron chi connectivity index (χ2n) is 5.69. The maximum atomic E-state index is 12.3. The zero-order valence-corrected chi connectivity index (χ0v) is 14.8. The van der Waals surface area contributed by atoms with Crippen molar-refractivity contribution in [1.29, 1.82) is 0 Å². The van der Waals surface area contributed by atoms with Crippen molar-refractivity contribution in [2.75, 3.05) is 20.8 Å². The number of esters is 3. The summed E-state index contributed by atoms with van der Waals surface area (Å²) in [6.45, 7) is -0.411. The summed E-state index contributed by atoms with van der Waals surface area (Å²) in [7, 11) is 2.34. The summed E-state index contributed by atoms with van der Waals surface area (Å²) in [5.74, 6) is -2.15. The van der Waals surface area contributed by atoms with E-state index in [0.29, 0.717) is 5.56 Å². The number of nitrogens with one attached hydrogen (secondary N) is 1. The number of aromatic amines is 1. The van der Waals surface area contributed by atoms with Gasteiger partial charge in [0.2, 0.25) is 0 Å². The molecule has 0 saturated carbocycles. The van der Waals surface area contributed by atoms with Crippen LogP contribution in [0.4, 0.5) is 0 Å². The molecular weight excluding hydrogens is 350 g/mol. The molecule has 2 aromatic carbocycles. The Morgan fingerprint density at radius 1 is 0.963 bits per heavy atom. The quantitative estimate of drug-likeness (QED) is 0.423. The first-order valence-corrected chi connectivity index (χ1v) is 8.08. The van der Waals surface area contributed by atoms with E-state index in [9.17, 15) is 14.4 Å². The van der Waals surface area contributed by atoms with Gasteiger partial charge in [0.05, 0.1) is 25.4 Å². The molecule has 1 N–H and O–H groups in total. The molecule has 0 saturated heterocycles. The third kappa shape index (κ3) is 3.82. The van der Waals surface area contributed by atoms with Crippen LogP contribution in [0.15, 0.2) is 54.1 Å². The number of methoxy groups -OCH3 is 2. The highest BCUT2D eigenvalue weighted by Crippen LogP contribution is 2.26. The van der Waals surface area contributed by atoms with E-state index < -0.39 is 24.5 Å². The summed E-state index contributed by atoms with van der Waals surface area (Å²) in [4.78, 5) is 38.6. The first kappa shape index (κ1) is 18.2. The van der Waals surface area contributed by atoms with Crippen LogP contribution < -0.4 is 0 Å². The van der Waals surface area contributed by atoms with Gasteiger partial charge in [-0.1, -0.05) is 24.3 Å². The van der Waals surface area contributed by atoms with Gasteiger partial charge in [0.25, 0.3) is 0 Å². The fourth-order valence-corrected chi connectivity index (χ4v) is 2.70. The summed E-state index contributed by atoms with van der Waals surface area (Å²) in [6.07, 6.45) is 0.931. The van der Waals surface area contributed by atoms with Crippen LogP contribution in [0, 0.1) is 0 Å². The SMILES string of the molecule is COC(=O)/C=C(\COC(=O)c1ccc2c(c1)[nH]c1ccccc12)C(=O)OC. The van der Waals surface area contributed by atoms with Gasteiger partial charge in [0.1, 0.15) is 6.61 Å². The second-order valence-corrected chi connectivity index (χ2v) is 5.69. The van der Waals surface area contributed by atoms with Crippen molar-refractivity contribution in [3.8, 4) is 0 Å². The maximum absolute atomic E-state index is 12.3. The third-order valence-corrected chi connectivity index (χ3v) is 4.04. The molecule has 7 nitrogen and oxygen atoms in total. The molecule has 7 heteroatoms. The van der Waals surface area contributed by atoms with E-state index in [0.717, 1.165) is 27.9 Å². The van der Waals surface area contributed by atoms with Gasteiger partial charge in [-0.25, -0.2) is 14.4 Å². The lowest BCUT2D eigenvalue weighted by molar-refractivity contribution is -0.138. The standard InChI is InChI=1S/C20H17NO6/c1-25-18(22)10-13(19(23)26-2)11-27-20(24)12-7-8-15-14-5-3-4-6-16(14)21-17(15)9-12/h3-10,21H,11H2,1-2H3/b13-10+. The van der Waals surface area contributed by atoms with E-state index in [1.54, 1.807) is 12.1 Å². The fourth-order valence-electron chi connectivity index (χ4n) is 2.70. The fraction of sp³-hybridized carbons (Fsp3) is 0.150. The molecule has 3 aromatic rings. The zero-order valence-electron chi connectivity index (χ0n) is 14.8. The summed E-state index contributed by atoms with van der Waals surface area (Å²) in [5.41, 5.74) is 1.96. The van der Waals surface area contributed by atoms with Gasteiger partial charge in [0, 0.05) is 27.9 Å². The topological polar surface area (TPSA) is 94.7 Å². The molecule has 27 heavy (non-hydrogen) atoms. The van der Waals surface area contributed by atoms with Crippen LogP contribution >= 0.6 is 0 Å². The van der Waals surface area contributed by atoms with Gasteiger partial charge in [0.15, 0.2) is 0 Å². The Bertz CT molecular complexity index is 1060. The summed E-state index contributed by atoms with van der Waals surface area (Å²) < 4.78 is 14.2. The molecular formula is C20H17NO6. The highest BCUT2D eigenvalue weighted by molar-refractivity contribution is 6.09. The molecule has 0 aliphatic rings. The minimum Gasteiger partial charge on any atom is -0.466 e. The number of carbonyl (C=O) groups is 3. The number of fused-ring (bicyclic) bond motifs is 3. The number of ether oxygens (including phenoxy) is 3. The molecule has 0 amide bonds. The van der Waals surface area contributed by atoms with E-state index in [2.05, 4.69) is 14.5 Å². The lowest BCUT2D eigenvalue weighted by atomic mass is 10.1. The Labute approximate surface area is 154 Å². The van der Waals surface area contributed by atoms with Gasteiger partial charge in [-0.2, -0.15) is 0 Å². The van der Waals surface area contributed by atoms with E-state index in [4.69, 9.17) is 4.74 Å². The van der Waals surface area contributed by atoms with E-state index in [-0.39, 0.29) is 5.57 Å². The second kappa shape index (κ2) is 7.74. The average molecular weight is 367 g/mol. The molecule has 138 valence electrons. The molecule has 0 fully saturated rings. The minimum atomic E-state index is -0.778. The van der Waals surface area contributed by atoms with Crippen molar-refractivity contribution in [3.63, 3.8) is 0 Å². The molecule has 1 heterocycles. The lowest BCUT2D eigenvalue weighted by Crippen LogP contribution is -2.16. The first-order chi connectivity index (χ1) is 13.0. The van der Waals surface area contributed by atoms with Crippen molar-refractivity contribution in [2.45, 2.75) is 0 Å². The highest BCUT2D eigenvalue weighted by atomic mass is 16.5. The Hall–Kier alpha value is -3.61. The Kier molecular flexibility index (Phi) is 5.21. The molecule has 3 rings (SSSR count). The molecule has 0 radical (unpaired) electrons. The predicted molar refractivity (Wildman–Crippen MR) is 98.2 cm³/mol. The third-order valence-electron chi connectivity index (χ3n) is 4.04. The lowest BCUT2D eigenvalue weighted by Gasteiger charge is -2.07. The Balaban J connectivity index is 1.80. The van der Waals surface area contributed by atoms with Crippen molar-refractivity contribution in [3.05, 3.63) is 59.7 Å². The number of rotatable bonds is 5. The van der Waals surface area contributed by atoms with Gasteiger partial charge in [-0.05, 0) is 18.2 Å². The van der Waals surface area contributed by atoms with Crippen LogP contribution in [0.25, 0.3) is 21.8 Å². The van der Waals surface area contributed by atoms with Gasteiger partial charge in [-0.15, -0.1) is 0 Å². The number of carbonyl (C=O) groups excluding carboxylic acids is 3.